The van der Waals surface area contributed by atoms with Gasteiger partial charge in [0, 0.05) is 23.8 Å². The second kappa shape index (κ2) is 7.69. The summed E-state index contributed by atoms with van der Waals surface area (Å²) in [5.41, 5.74) is 0.503. The second-order valence-electron chi connectivity index (χ2n) is 4.97. The summed E-state index contributed by atoms with van der Waals surface area (Å²) in [4.78, 5) is 11.3. The van der Waals surface area contributed by atoms with Gasteiger partial charge in [-0.2, -0.15) is 0 Å². The summed E-state index contributed by atoms with van der Waals surface area (Å²) in [5.74, 6) is -1.18. The number of hydrogen-bond donors (Lipinski definition) is 1. The standard InChI is InChI=1S/C17H16F2O4/c1-11(20)12-3-2-4-16(5-12)22-9-15(21)10-23-17-7-13(18)6-14(19)8-17/h2-8,15,21H,9-10H2,1H3. The Labute approximate surface area is 132 Å². The smallest absolute Gasteiger partial charge is 0.159 e. The molecule has 0 saturated heterocycles. The third-order valence-electron chi connectivity index (χ3n) is 2.96. The monoisotopic (exact) mass is 322 g/mol. The van der Waals surface area contributed by atoms with Gasteiger partial charge in [0.1, 0.15) is 42.5 Å². The Hall–Kier alpha value is -2.47. The number of carbonyl (C=O) groups is 1. The summed E-state index contributed by atoms with van der Waals surface area (Å²) in [6, 6.07) is 9.33. The minimum absolute atomic E-state index is 0.0138. The van der Waals surface area contributed by atoms with E-state index >= 15 is 0 Å². The van der Waals surface area contributed by atoms with E-state index in [9.17, 15) is 18.7 Å². The van der Waals surface area contributed by atoms with Crippen molar-refractivity contribution in [3.63, 3.8) is 0 Å². The van der Waals surface area contributed by atoms with E-state index in [1.54, 1.807) is 24.3 Å². The molecular weight excluding hydrogens is 306 g/mol. The van der Waals surface area contributed by atoms with Crippen LogP contribution >= 0.6 is 0 Å². The van der Waals surface area contributed by atoms with E-state index in [1.807, 2.05) is 0 Å². The fourth-order valence-electron chi connectivity index (χ4n) is 1.85. The molecule has 0 heterocycles. The van der Waals surface area contributed by atoms with Crippen molar-refractivity contribution in [2.24, 2.45) is 0 Å². The van der Waals surface area contributed by atoms with Gasteiger partial charge in [0.2, 0.25) is 0 Å². The molecule has 0 radical (unpaired) electrons. The first-order valence-corrected chi connectivity index (χ1v) is 6.95. The highest BCUT2D eigenvalue weighted by Crippen LogP contribution is 2.16. The number of Topliss-reactive ketones (excluding diaryl/α,β-unsaturated/α-hetero) is 1. The Morgan fingerprint density at radius 2 is 1.65 bits per heavy atom. The summed E-state index contributed by atoms with van der Waals surface area (Å²) in [6.45, 7) is 1.17. The SMILES string of the molecule is CC(=O)c1cccc(OCC(O)COc2cc(F)cc(F)c2)c1. The molecule has 2 aromatic carbocycles. The number of aliphatic hydroxyl groups excluding tert-OH is 1. The predicted octanol–water partition coefficient (Wildman–Crippen LogP) is 2.99. The minimum atomic E-state index is -0.998. The predicted molar refractivity (Wildman–Crippen MR) is 79.8 cm³/mol. The molecule has 0 fully saturated rings. The third-order valence-corrected chi connectivity index (χ3v) is 2.96. The molecular formula is C17H16F2O4. The zero-order chi connectivity index (χ0) is 16.8. The van der Waals surface area contributed by atoms with Gasteiger partial charge in [-0.1, -0.05) is 12.1 Å². The zero-order valence-electron chi connectivity index (χ0n) is 12.5. The lowest BCUT2D eigenvalue weighted by atomic mass is 10.1. The lowest BCUT2D eigenvalue weighted by molar-refractivity contribution is 0.0624. The largest absolute Gasteiger partial charge is 0.491 e. The third kappa shape index (κ3) is 5.34. The van der Waals surface area contributed by atoms with Gasteiger partial charge in [0.05, 0.1) is 0 Å². The van der Waals surface area contributed by atoms with Crippen molar-refractivity contribution in [1.29, 1.82) is 0 Å². The molecule has 23 heavy (non-hydrogen) atoms. The van der Waals surface area contributed by atoms with Crippen LogP contribution in [0.5, 0.6) is 11.5 Å². The van der Waals surface area contributed by atoms with Crippen LogP contribution in [0.1, 0.15) is 17.3 Å². The van der Waals surface area contributed by atoms with Crippen LogP contribution in [0.25, 0.3) is 0 Å². The second-order valence-corrected chi connectivity index (χ2v) is 4.97. The molecule has 2 aromatic rings. The Morgan fingerprint density at radius 3 is 2.26 bits per heavy atom. The fraction of sp³-hybridized carbons (Fsp3) is 0.235. The highest BCUT2D eigenvalue weighted by Gasteiger charge is 2.09. The van der Waals surface area contributed by atoms with Crippen LogP contribution < -0.4 is 9.47 Å². The number of ketones is 1. The minimum Gasteiger partial charge on any atom is -0.491 e. The molecule has 122 valence electrons. The van der Waals surface area contributed by atoms with Crippen molar-refractivity contribution in [1.82, 2.24) is 0 Å². The number of rotatable bonds is 7. The summed E-state index contributed by atoms with van der Waals surface area (Å²) in [5, 5.41) is 9.78. The molecule has 6 heteroatoms. The van der Waals surface area contributed by atoms with E-state index in [2.05, 4.69) is 0 Å². The van der Waals surface area contributed by atoms with Crippen LogP contribution in [0.4, 0.5) is 8.78 Å². The molecule has 1 N–H and O–H groups in total. The average Bonchev–Trinajstić information content (AvgIpc) is 2.50. The molecule has 4 nitrogen and oxygen atoms in total. The number of hydrogen-bond acceptors (Lipinski definition) is 4. The number of aliphatic hydroxyl groups is 1. The van der Waals surface area contributed by atoms with Gasteiger partial charge in [0.15, 0.2) is 5.78 Å². The van der Waals surface area contributed by atoms with Gasteiger partial charge in [-0.15, -0.1) is 0 Å². The van der Waals surface area contributed by atoms with Crippen molar-refractivity contribution in [3.05, 3.63) is 59.7 Å². The van der Waals surface area contributed by atoms with Crippen molar-refractivity contribution in [2.75, 3.05) is 13.2 Å². The van der Waals surface area contributed by atoms with Crippen molar-refractivity contribution >= 4 is 5.78 Å². The van der Waals surface area contributed by atoms with Gasteiger partial charge in [0.25, 0.3) is 0 Å². The molecule has 0 spiro atoms. The molecule has 0 aliphatic carbocycles. The van der Waals surface area contributed by atoms with Gasteiger partial charge >= 0.3 is 0 Å². The summed E-state index contributed by atoms with van der Waals surface area (Å²) >= 11 is 0. The first-order chi connectivity index (χ1) is 10.9. The maximum Gasteiger partial charge on any atom is 0.159 e. The van der Waals surface area contributed by atoms with Crippen LogP contribution in [0, 0.1) is 11.6 Å². The van der Waals surface area contributed by atoms with Gasteiger partial charge in [-0.3, -0.25) is 4.79 Å². The van der Waals surface area contributed by atoms with E-state index in [-0.39, 0.29) is 24.7 Å². The summed E-state index contributed by atoms with van der Waals surface area (Å²) in [7, 11) is 0. The molecule has 0 bridgehead atoms. The fourth-order valence-corrected chi connectivity index (χ4v) is 1.85. The molecule has 0 amide bonds. The number of ether oxygens (including phenoxy) is 2. The summed E-state index contributed by atoms with van der Waals surface area (Å²) < 4.78 is 36.5. The zero-order valence-corrected chi connectivity index (χ0v) is 12.5. The van der Waals surface area contributed by atoms with Gasteiger partial charge in [-0.05, 0) is 19.1 Å². The Morgan fingerprint density at radius 1 is 1.04 bits per heavy atom. The lowest BCUT2D eigenvalue weighted by Crippen LogP contribution is -2.25. The molecule has 0 aliphatic heterocycles. The van der Waals surface area contributed by atoms with Crippen LogP contribution in [0.3, 0.4) is 0 Å². The van der Waals surface area contributed by atoms with E-state index in [4.69, 9.17) is 9.47 Å². The van der Waals surface area contributed by atoms with Gasteiger partial charge < -0.3 is 14.6 Å². The van der Waals surface area contributed by atoms with E-state index in [0.717, 1.165) is 18.2 Å². The molecule has 1 atom stereocenters. The number of carbonyl (C=O) groups excluding carboxylic acids is 1. The quantitative estimate of drug-likeness (QED) is 0.796. The Bertz CT molecular complexity index is 668. The molecule has 0 aliphatic rings. The highest BCUT2D eigenvalue weighted by molar-refractivity contribution is 5.94. The normalized spacial score (nSPS) is 11.8. The highest BCUT2D eigenvalue weighted by atomic mass is 19.1. The van der Waals surface area contributed by atoms with Gasteiger partial charge in [-0.25, -0.2) is 8.78 Å². The maximum absolute atomic E-state index is 13.0. The van der Waals surface area contributed by atoms with Crippen LogP contribution in [-0.4, -0.2) is 30.2 Å². The average molecular weight is 322 g/mol. The Kier molecular flexibility index (Phi) is 5.65. The molecule has 2 rings (SSSR count). The molecule has 0 aromatic heterocycles. The van der Waals surface area contributed by atoms with Crippen molar-refractivity contribution < 1.29 is 28.2 Å². The maximum atomic E-state index is 13.0. The van der Waals surface area contributed by atoms with Crippen LogP contribution in [0.15, 0.2) is 42.5 Å². The van der Waals surface area contributed by atoms with Crippen molar-refractivity contribution in [2.45, 2.75) is 13.0 Å². The molecule has 0 saturated carbocycles. The van der Waals surface area contributed by atoms with E-state index < -0.39 is 17.7 Å². The number of benzene rings is 2. The first-order valence-electron chi connectivity index (χ1n) is 6.95. The topological polar surface area (TPSA) is 55.8 Å². The van der Waals surface area contributed by atoms with E-state index in [0.29, 0.717) is 11.3 Å². The molecule has 1 unspecified atom stereocenters. The number of halogens is 2. The van der Waals surface area contributed by atoms with Crippen molar-refractivity contribution in [3.8, 4) is 11.5 Å². The first kappa shape index (κ1) is 16.9. The van der Waals surface area contributed by atoms with Crippen LogP contribution in [-0.2, 0) is 0 Å². The lowest BCUT2D eigenvalue weighted by Gasteiger charge is -2.14. The summed E-state index contributed by atoms with van der Waals surface area (Å²) in [6.07, 6.45) is -0.998. The van der Waals surface area contributed by atoms with Crippen LogP contribution in [0.2, 0.25) is 0 Å². The Balaban J connectivity index is 1.84. The van der Waals surface area contributed by atoms with E-state index in [1.165, 1.54) is 6.92 Å².